The summed E-state index contributed by atoms with van der Waals surface area (Å²) in [7, 11) is 0. The topological polar surface area (TPSA) is 96.2 Å². The molecule has 1 fully saturated rings. The number of aromatic nitrogens is 2. The molecule has 0 aliphatic carbocycles. The van der Waals surface area contributed by atoms with Gasteiger partial charge in [-0.05, 0) is 68.3 Å². The minimum absolute atomic E-state index is 0.214. The van der Waals surface area contributed by atoms with E-state index in [9.17, 15) is 4.79 Å². The van der Waals surface area contributed by atoms with Crippen molar-refractivity contribution in [3.63, 3.8) is 0 Å². The fraction of sp³-hybridized carbons (Fsp3) is 0.400. The maximum Gasteiger partial charge on any atom is 0.255 e. The Kier molecular flexibility index (Phi) is 7.30. The summed E-state index contributed by atoms with van der Waals surface area (Å²) >= 11 is 6.17. The zero-order chi connectivity index (χ0) is 23.4. The lowest BCUT2D eigenvalue weighted by atomic mass is 9.97. The van der Waals surface area contributed by atoms with E-state index >= 15 is 0 Å². The summed E-state index contributed by atoms with van der Waals surface area (Å²) in [6, 6.07) is 10.0. The van der Waals surface area contributed by atoms with Crippen LogP contribution in [-0.4, -0.2) is 46.5 Å². The summed E-state index contributed by atoms with van der Waals surface area (Å²) in [6.07, 6.45) is 5.62. The lowest BCUT2D eigenvalue weighted by Crippen LogP contribution is -2.42. The van der Waals surface area contributed by atoms with E-state index in [4.69, 9.17) is 17.3 Å². The average Bonchev–Trinajstić information content (AvgIpc) is 2.82. The first-order chi connectivity index (χ1) is 15.9. The van der Waals surface area contributed by atoms with Gasteiger partial charge in [0.15, 0.2) is 0 Å². The number of nitrogens with zero attached hydrogens (tertiary/aromatic N) is 3. The number of anilines is 2. The van der Waals surface area contributed by atoms with Crippen LogP contribution in [-0.2, 0) is 6.54 Å². The van der Waals surface area contributed by atoms with Crippen LogP contribution in [0.3, 0.4) is 0 Å². The number of nitrogens with one attached hydrogen (secondary N) is 2. The summed E-state index contributed by atoms with van der Waals surface area (Å²) in [5.41, 5.74) is 7.36. The number of rotatable bonds is 7. The number of pyridine rings is 2. The van der Waals surface area contributed by atoms with E-state index in [-0.39, 0.29) is 5.91 Å². The lowest BCUT2D eigenvalue weighted by molar-refractivity contribution is 0.0951. The molecule has 4 N–H and O–H groups in total. The van der Waals surface area contributed by atoms with Gasteiger partial charge in [-0.3, -0.25) is 4.79 Å². The van der Waals surface area contributed by atoms with Crippen molar-refractivity contribution in [2.24, 2.45) is 5.92 Å². The fourth-order valence-corrected chi connectivity index (χ4v) is 4.52. The molecule has 3 aromatic rings. The Morgan fingerprint density at radius 1 is 1.27 bits per heavy atom. The van der Waals surface area contributed by atoms with Crippen LogP contribution < -0.4 is 16.4 Å². The number of carbonyl (C=O) groups excluding carboxylic acids is 1. The van der Waals surface area contributed by atoms with E-state index in [1.165, 1.54) is 12.8 Å². The predicted octanol–water partition coefficient (Wildman–Crippen LogP) is 4.33. The number of carbonyl (C=O) groups is 1. The van der Waals surface area contributed by atoms with Crippen LogP contribution in [0.1, 0.15) is 42.6 Å². The molecule has 8 heteroatoms. The minimum Gasteiger partial charge on any atom is -0.383 e. The van der Waals surface area contributed by atoms with Crippen LogP contribution in [0.25, 0.3) is 10.8 Å². The van der Waals surface area contributed by atoms with Crippen LogP contribution in [0.15, 0.2) is 42.7 Å². The molecule has 1 saturated heterocycles. The molecule has 0 bridgehead atoms. The number of benzene rings is 1. The molecule has 4 rings (SSSR count). The molecule has 0 spiro atoms. The number of likely N-dealkylation sites (tertiary alicyclic amines) is 1. The molecular formula is C25H31ClN6O. The van der Waals surface area contributed by atoms with Gasteiger partial charge in [-0.15, -0.1) is 0 Å². The predicted molar refractivity (Wildman–Crippen MR) is 134 cm³/mol. The Hall–Kier alpha value is -2.90. The number of halogens is 1. The third kappa shape index (κ3) is 5.72. The maximum absolute atomic E-state index is 13.0. The quantitative estimate of drug-likeness (QED) is 0.479. The molecule has 1 aliphatic heterocycles. The zero-order valence-electron chi connectivity index (χ0n) is 19.1. The Bertz CT molecular complexity index is 1140. The summed E-state index contributed by atoms with van der Waals surface area (Å²) < 4.78 is 0. The molecule has 1 unspecified atom stereocenters. The van der Waals surface area contributed by atoms with E-state index in [1.807, 2.05) is 24.3 Å². The molecule has 33 heavy (non-hydrogen) atoms. The first kappa shape index (κ1) is 23.3. The number of fused-ring (bicyclic) bond motifs is 1. The van der Waals surface area contributed by atoms with Crippen molar-refractivity contribution in [2.45, 2.75) is 39.3 Å². The second-order valence-electron chi connectivity index (χ2n) is 8.96. The summed E-state index contributed by atoms with van der Waals surface area (Å²) in [4.78, 5) is 24.0. The van der Waals surface area contributed by atoms with Crippen molar-refractivity contribution in [1.29, 1.82) is 0 Å². The highest BCUT2D eigenvalue weighted by molar-refractivity contribution is 6.31. The number of hydrogen-bond acceptors (Lipinski definition) is 6. The van der Waals surface area contributed by atoms with Gasteiger partial charge in [0.1, 0.15) is 11.6 Å². The van der Waals surface area contributed by atoms with Crippen molar-refractivity contribution < 1.29 is 4.79 Å². The monoisotopic (exact) mass is 466 g/mol. The summed E-state index contributed by atoms with van der Waals surface area (Å²) in [6.45, 7) is 7.84. The number of nitrogens with two attached hydrogens (primary N) is 1. The van der Waals surface area contributed by atoms with E-state index in [1.54, 1.807) is 18.5 Å². The van der Waals surface area contributed by atoms with Crippen molar-refractivity contribution in [2.75, 3.05) is 30.7 Å². The van der Waals surface area contributed by atoms with Crippen molar-refractivity contribution in [3.05, 3.63) is 58.9 Å². The highest BCUT2D eigenvalue weighted by Crippen LogP contribution is 2.23. The summed E-state index contributed by atoms with van der Waals surface area (Å²) in [5, 5.41) is 8.71. The van der Waals surface area contributed by atoms with Crippen LogP contribution in [0.4, 0.5) is 11.6 Å². The van der Waals surface area contributed by atoms with E-state index in [0.29, 0.717) is 40.7 Å². The first-order valence-corrected chi connectivity index (χ1v) is 11.8. The number of nitrogen functional groups attached to an aromatic ring is 1. The van der Waals surface area contributed by atoms with E-state index in [0.717, 1.165) is 36.0 Å². The molecule has 2 aromatic heterocycles. The normalized spacial score (nSPS) is 16.8. The third-order valence-corrected chi connectivity index (χ3v) is 6.46. The molecule has 1 amide bonds. The molecular weight excluding hydrogens is 436 g/mol. The van der Waals surface area contributed by atoms with Crippen LogP contribution >= 0.6 is 11.6 Å². The highest BCUT2D eigenvalue weighted by atomic mass is 35.5. The fourth-order valence-electron chi connectivity index (χ4n) is 4.37. The van der Waals surface area contributed by atoms with Gasteiger partial charge in [-0.25, -0.2) is 9.97 Å². The van der Waals surface area contributed by atoms with Gasteiger partial charge >= 0.3 is 0 Å². The van der Waals surface area contributed by atoms with Crippen molar-refractivity contribution >= 4 is 39.9 Å². The molecule has 0 radical (unpaired) electrons. The van der Waals surface area contributed by atoms with Crippen LogP contribution in [0.5, 0.6) is 0 Å². The van der Waals surface area contributed by atoms with Crippen molar-refractivity contribution in [3.8, 4) is 0 Å². The zero-order valence-corrected chi connectivity index (χ0v) is 19.9. The smallest absolute Gasteiger partial charge is 0.255 e. The first-order valence-electron chi connectivity index (χ1n) is 11.5. The Morgan fingerprint density at radius 2 is 2.12 bits per heavy atom. The van der Waals surface area contributed by atoms with Gasteiger partial charge in [0.25, 0.3) is 5.91 Å². The van der Waals surface area contributed by atoms with Gasteiger partial charge in [-0.2, -0.15) is 0 Å². The lowest BCUT2D eigenvalue weighted by Gasteiger charge is -2.35. The summed E-state index contributed by atoms with van der Waals surface area (Å²) in [5.74, 6) is 1.37. The standard InChI is InChI=1S/C25H31ClN6O/c1-16(2)32-9-3-4-18(15-32)13-29-24-22(11-20(26)14-30-24)25(33)31-12-17-5-6-21-19(10-17)7-8-28-23(21)27/h5-8,10-11,14,16,18H,3-4,9,12-13,15H2,1-2H3,(H2,27,28)(H,29,30)(H,31,33). The molecule has 7 nitrogen and oxygen atoms in total. The number of hydrogen-bond donors (Lipinski definition) is 3. The Balaban J connectivity index is 1.41. The molecule has 1 atom stereocenters. The average molecular weight is 467 g/mol. The third-order valence-electron chi connectivity index (χ3n) is 6.25. The molecule has 1 aromatic carbocycles. The maximum atomic E-state index is 13.0. The highest BCUT2D eigenvalue weighted by Gasteiger charge is 2.22. The van der Waals surface area contributed by atoms with Gasteiger partial charge in [0.05, 0.1) is 10.6 Å². The van der Waals surface area contributed by atoms with Gasteiger partial charge < -0.3 is 21.3 Å². The van der Waals surface area contributed by atoms with E-state index < -0.39 is 0 Å². The number of piperidine rings is 1. The molecule has 3 heterocycles. The van der Waals surface area contributed by atoms with Gasteiger partial charge in [0.2, 0.25) is 0 Å². The minimum atomic E-state index is -0.214. The van der Waals surface area contributed by atoms with E-state index in [2.05, 4.69) is 39.3 Å². The Morgan fingerprint density at radius 3 is 2.94 bits per heavy atom. The van der Waals surface area contributed by atoms with Crippen molar-refractivity contribution in [1.82, 2.24) is 20.2 Å². The van der Waals surface area contributed by atoms with Crippen LogP contribution in [0, 0.1) is 5.92 Å². The Labute approximate surface area is 199 Å². The van der Waals surface area contributed by atoms with Gasteiger partial charge in [0, 0.05) is 43.5 Å². The molecule has 174 valence electrons. The largest absolute Gasteiger partial charge is 0.383 e. The molecule has 0 saturated carbocycles. The van der Waals surface area contributed by atoms with Gasteiger partial charge in [-0.1, -0.05) is 23.7 Å². The number of amides is 1. The van der Waals surface area contributed by atoms with Crippen LogP contribution in [0.2, 0.25) is 5.02 Å². The SMILES string of the molecule is CC(C)N1CCCC(CNc2ncc(Cl)cc2C(=O)NCc2ccc3c(N)nccc3c2)C1. The second-order valence-corrected chi connectivity index (χ2v) is 9.40. The molecule has 1 aliphatic rings. The second kappa shape index (κ2) is 10.4.